The molecule has 4 N–H and O–H groups in total. The Kier molecular flexibility index (Phi) is 4.47. The van der Waals surface area contributed by atoms with Crippen LogP contribution in [0.15, 0.2) is 6.07 Å². The topological polar surface area (TPSA) is 92.9 Å². The average molecular weight is 251 g/mol. The second-order valence-electron chi connectivity index (χ2n) is 4.82. The Morgan fingerprint density at radius 3 is 2.39 bits per heavy atom. The number of aryl methyl sites for hydroxylation is 1. The van der Waals surface area contributed by atoms with Gasteiger partial charge in [0.15, 0.2) is 0 Å². The molecular weight excluding hydrogens is 230 g/mol. The summed E-state index contributed by atoms with van der Waals surface area (Å²) >= 11 is 0. The second kappa shape index (κ2) is 5.66. The summed E-state index contributed by atoms with van der Waals surface area (Å²) in [7, 11) is 0. The van der Waals surface area contributed by atoms with Crippen molar-refractivity contribution in [2.24, 2.45) is 11.1 Å². The van der Waals surface area contributed by atoms with Crippen LogP contribution in [-0.2, 0) is 4.79 Å². The molecule has 6 nitrogen and oxygen atoms in total. The van der Waals surface area contributed by atoms with Crippen LogP contribution in [0.25, 0.3) is 0 Å². The summed E-state index contributed by atoms with van der Waals surface area (Å²) in [5, 5.41) is 6.24. The predicted molar refractivity (Wildman–Crippen MR) is 72.4 cm³/mol. The van der Waals surface area contributed by atoms with Gasteiger partial charge in [-0.05, 0) is 27.7 Å². The molecule has 0 radical (unpaired) electrons. The number of amides is 1. The molecule has 0 aliphatic heterocycles. The molecule has 100 valence electrons. The van der Waals surface area contributed by atoms with Crippen molar-refractivity contribution in [3.63, 3.8) is 0 Å². The van der Waals surface area contributed by atoms with Gasteiger partial charge in [0.2, 0.25) is 5.91 Å². The fourth-order valence-electron chi connectivity index (χ4n) is 1.33. The van der Waals surface area contributed by atoms with Gasteiger partial charge in [0.25, 0.3) is 0 Å². The van der Waals surface area contributed by atoms with E-state index in [1.54, 1.807) is 13.8 Å². The Bertz CT molecular complexity index is 430. The standard InChI is InChI=1S/C12H21N5O/c1-5-14-9-6-10(17-8(2)16-9)15-7-12(3,4)11(13)18/h6H,5,7H2,1-4H3,(H2,13,18)(H2,14,15,16,17). The fraction of sp³-hybridized carbons (Fsp3) is 0.583. The first kappa shape index (κ1) is 14.2. The molecule has 1 amide bonds. The number of rotatable bonds is 6. The Morgan fingerprint density at radius 2 is 1.89 bits per heavy atom. The van der Waals surface area contributed by atoms with Gasteiger partial charge in [-0.25, -0.2) is 9.97 Å². The van der Waals surface area contributed by atoms with Crippen molar-refractivity contribution in [3.8, 4) is 0 Å². The zero-order chi connectivity index (χ0) is 13.8. The molecule has 1 heterocycles. The van der Waals surface area contributed by atoms with E-state index in [2.05, 4.69) is 20.6 Å². The highest BCUT2D eigenvalue weighted by Crippen LogP contribution is 2.17. The lowest BCUT2D eigenvalue weighted by atomic mass is 9.93. The molecule has 0 spiro atoms. The normalized spacial score (nSPS) is 11.1. The summed E-state index contributed by atoms with van der Waals surface area (Å²) in [5.41, 5.74) is 4.70. The Balaban J connectivity index is 2.76. The van der Waals surface area contributed by atoms with Gasteiger partial charge in [-0.1, -0.05) is 0 Å². The van der Waals surface area contributed by atoms with E-state index < -0.39 is 5.41 Å². The molecule has 1 aromatic heterocycles. The highest BCUT2D eigenvalue weighted by atomic mass is 16.1. The predicted octanol–water partition coefficient (Wildman–Crippen LogP) is 1.14. The number of nitrogens with two attached hydrogens (primary N) is 1. The average Bonchev–Trinajstić information content (AvgIpc) is 2.26. The third-order valence-electron chi connectivity index (χ3n) is 2.57. The van der Waals surface area contributed by atoms with Gasteiger partial charge in [0.1, 0.15) is 17.5 Å². The van der Waals surface area contributed by atoms with E-state index >= 15 is 0 Å². The van der Waals surface area contributed by atoms with Crippen LogP contribution in [0.3, 0.4) is 0 Å². The van der Waals surface area contributed by atoms with Gasteiger partial charge < -0.3 is 16.4 Å². The zero-order valence-electron chi connectivity index (χ0n) is 11.4. The SMILES string of the molecule is CCNc1cc(NCC(C)(C)C(N)=O)nc(C)n1. The highest BCUT2D eigenvalue weighted by molar-refractivity contribution is 5.80. The van der Waals surface area contributed by atoms with Crippen molar-refractivity contribution < 1.29 is 4.79 Å². The van der Waals surface area contributed by atoms with E-state index in [9.17, 15) is 4.79 Å². The van der Waals surface area contributed by atoms with Gasteiger partial charge in [0.05, 0.1) is 5.41 Å². The number of carbonyl (C=O) groups excluding carboxylic acids is 1. The first-order chi connectivity index (χ1) is 8.35. The van der Waals surface area contributed by atoms with Crippen LogP contribution < -0.4 is 16.4 Å². The summed E-state index contributed by atoms with van der Waals surface area (Å²) in [5.74, 6) is 1.79. The Hall–Kier alpha value is -1.85. The number of primary amides is 1. The summed E-state index contributed by atoms with van der Waals surface area (Å²) < 4.78 is 0. The number of hydrogen-bond donors (Lipinski definition) is 3. The molecule has 0 aliphatic rings. The third kappa shape index (κ3) is 3.87. The molecule has 0 saturated heterocycles. The number of anilines is 2. The smallest absolute Gasteiger partial charge is 0.224 e. The van der Waals surface area contributed by atoms with Crippen molar-refractivity contribution in [3.05, 3.63) is 11.9 Å². The van der Waals surface area contributed by atoms with Crippen LogP contribution in [0.4, 0.5) is 11.6 Å². The van der Waals surface area contributed by atoms with E-state index in [1.807, 2.05) is 19.9 Å². The van der Waals surface area contributed by atoms with Crippen molar-refractivity contribution >= 4 is 17.5 Å². The maximum absolute atomic E-state index is 11.2. The minimum Gasteiger partial charge on any atom is -0.370 e. The van der Waals surface area contributed by atoms with E-state index in [-0.39, 0.29) is 5.91 Å². The van der Waals surface area contributed by atoms with Crippen molar-refractivity contribution in [1.29, 1.82) is 0 Å². The van der Waals surface area contributed by atoms with Gasteiger partial charge in [-0.15, -0.1) is 0 Å². The van der Waals surface area contributed by atoms with Crippen LogP contribution in [-0.4, -0.2) is 29.0 Å². The number of carbonyl (C=O) groups is 1. The van der Waals surface area contributed by atoms with Gasteiger partial charge >= 0.3 is 0 Å². The minimum absolute atomic E-state index is 0.340. The van der Waals surface area contributed by atoms with E-state index in [0.29, 0.717) is 18.2 Å². The third-order valence-corrected chi connectivity index (χ3v) is 2.57. The molecule has 0 atom stereocenters. The lowest BCUT2D eigenvalue weighted by Gasteiger charge is -2.21. The molecular formula is C12H21N5O. The summed E-state index contributed by atoms with van der Waals surface area (Å²) in [6, 6.07) is 1.81. The van der Waals surface area contributed by atoms with E-state index in [4.69, 9.17) is 5.73 Å². The molecule has 1 aromatic rings. The van der Waals surface area contributed by atoms with Crippen LogP contribution in [0.1, 0.15) is 26.6 Å². The van der Waals surface area contributed by atoms with Crippen LogP contribution in [0, 0.1) is 12.3 Å². The molecule has 0 bridgehead atoms. The van der Waals surface area contributed by atoms with Crippen LogP contribution in [0.2, 0.25) is 0 Å². The molecule has 1 rings (SSSR count). The van der Waals surface area contributed by atoms with Crippen molar-refractivity contribution in [2.45, 2.75) is 27.7 Å². The fourth-order valence-corrected chi connectivity index (χ4v) is 1.33. The molecule has 0 unspecified atom stereocenters. The van der Waals surface area contributed by atoms with E-state index in [0.717, 1.165) is 12.4 Å². The molecule has 0 fully saturated rings. The highest BCUT2D eigenvalue weighted by Gasteiger charge is 2.24. The minimum atomic E-state index is -0.614. The first-order valence-electron chi connectivity index (χ1n) is 5.98. The van der Waals surface area contributed by atoms with Gasteiger partial charge in [-0.3, -0.25) is 4.79 Å². The second-order valence-corrected chi connectivity index (χ2v) is 4.82. The Morgan fingerprint density at radius 1 is 1.33 bits per heavy atom. The quantitative estimate of drug-likeness (QED) is 0.705. The van der Waals surface area contributed by atoms with Gasteiger partial charge in [-0.2, -0.15) is 0 Å². The van der Waals surface area contributed by atoms with Crippen LogP contribution in [0.5, 0.6) is 0 Å². The summed E-state index contributed by atoms with van der Waals surface area (Å²) in [6.45, 7) is 8.64. The molecule has 18 heavy (non-hydrogen) atoms. The lowest BCUT2D eigenvalue weighted by Crippen LogP contribution is -2.37. The Labute approximate surface area is 107 Å². The molecule has 0 saturated carbocycles. The molecule has 0 aromatic carbocycles. The summed E-state index contributed by atoms with van der Waals surface area (Å²) in [4.78, 5) is 19.7. The van der Waals surface area contributed by atoms with Crippen molar-refractivity contribution in [1.82, 2.24) is 9.97 Å². The monoisotopic (exact) mass is 251 g/mol. The number of nitrogens with zero attached hydrogens (tertiary/aromatic N) is 2. The summed E-state index contributed by atoms with van der Waals surface area (Å²) in [6.07, 6.45) is 0. The maximum Gasteiger partial charge on any atom is 0.224 e. The van der Waals surface area contributed by atoms with Gasteiger partial charge in [0, 0.05) is 19.2 Å². The maximum atomic E-state index is 11.2. The zero-order valence-corrected chi connectivity index (χ0v) is 11.4. The molecule has 0 aliphatic carbocycles. The number of hydrogen-bond acceptors (Lipinski definition) is 5. The lowest BCUT2D eigenvalue weighted by molar-refractivity contribution is -0.125. The number of aromatic nitrogens is 2. The van der Waals surface area contributed by atoms with Crippen molar-refractivity contribution in [2.75, 3.05) is 23.7 Å². The molecule has 6 heteroatoms. The largest absolute Gasteiger partial charge is 0.370 e. The number of nitrogens with one attached hydrogen (secondary N) is 2. The van der Waals surface area contributed by atoms with E-state index in [1.165, 1.54) is 0 Å². The van der Waals surface area contributed by atoms with Crippen LogP contribution >= 0.6 is 0 Å². The first-order valence-corrected chi connectivity index (χ1v) is 5.98.